The number of nitrogens with two attached hydrogens (primary N) is 1. The van der Waals surface area contributed by atoms with Gasteiger partial charge in [-0.15, -0.1) is 0 Å². The van der Waals surface area contributed by atoms with E-state index in [2.05, 4.69) is 10.3 Å². The number of H-pyrrole nitrogens is 1. The van der Waals surface area contributed by atoms with Gasteiger partial charge in [-0.05, 0) is 24.3 Å². The molecule has 2 aromatic carbocycles. The van der Waals surface area contributed by atoms with Gasteiger partial charge < -0.3 is 16.0 Å². The fourth-order valence-corrected chi connectivity index (χ4v) is 2.23. The summed E-state index contributed by atoms with van der Waals surface area (Å²) in [5.41, 5.74) is 6.66. The van der Waals surface area contributed by atoms with Crippen LogP contribution in [-0.2, 0) is 0 Å². The fraction of sp³-hybridized carbons (Fsp3) is 0. The van der Waals surface area contributed by atoms with E-state index >= 15 is 0 Å². The molecule has 0 unspecified atom stereocenters. The first-order chi connectivity index (χ1) is 10.1. The second-order valence-corrected chi connectivity index (χ2v) is 4.63. The van der Waals surface area contributed by atoms with E-state index in [1.165, 1.54) is 6.07 Å². The molecule has 0 saturated carbocycles. The molecule has 21 heavy (non-hydrogen) atoms. The third-order valence-corrected chi connectivity index (χ3v) is 3.22. The summed E-state index contributed by atoms with van der Waals surface area (Å²) in [7, 11) is 0. The summed E-state index contributed by atoms with van der Waals surface area (Å²) >= 11 is 0. The first-order valence-corrected chi connectivity index (χ1v) is 6.43. The number of hydrogen-bond acceptors (Lipinski definition) is 2. The Kier molecular flexibility index (Phi) is 3.16. The van der Waals surface area contributed by atoms with Gasteiger partial charge in [0.05, 0.1) is 11.1 Å². The lowest BCUT2D eigenvalue weighted by Crippen LogP contribution is -2.20. The molecular formula is C16H13N3O2. The normalized spacial score (nSPS) is 10.5. The summed E-state index contributed by atoms with van der Waals surface area (Å²) < 4.78 is 0. The Morgan fingerprint density at radius 2 is 1.62 bits per heavy atom. The average molecular weight is 279 g/mol. The number of anilines is 1. The summed E-state index contributed by atoms with van der Waals surface area (Å²) in [6.45, 7) is 0. The molecular weight excluding hydrogens is 266 g/mol. The van der Waals surface area contributed by atoms with Crippen molar-refractivity contribution in [2.45, 2.75) is 0 Å². The predicted octanol–water partition coefficient (Wildman–Crippen LogP) is 2.52. The third-order valence-electron chi connectivity index (χ3n) is 3.22. The van der Waals surface area contributed by atoms with Gasteiger partial charge in [0.1, 0.15) is 5.82 Å². The van der Waals surface area contributed by atoms with Crippen LogP contribution in [0.3, 0.4) is 0 Å². The average Bonchev–Trinajstić information content (AvgIpc) is 2.89. The highest BCUT2D eigenvalue weighted by atomic mass is 16.2. The van der Waals surface area contributed by atoms with Crippen LogP contribution in [0.15, 0.2) is 54.6 Å². The number of para-hydroxylation sites is 1. The summed E-state index contributed by atoms with van der Waals surface area (Å²) in [5, 5.41) is 3.74. The van der Waals surface area contributed by atoms with E-state index in [0.29, 0.717) is 5.82 Å². The molecule has 0 spiro atoms. The van der Waals surface area contributed by atoms with Gasteiger partial charge in [-0.1, -0.05) is 30.3 Å². The number of amides is 2. The van der Waals surface area contributed by atoms with Crippen LogP contribution in [0.4, 0.5) is 5.82 Å². The largest absolute Gasteiger partial charge is 0.366 e. The molecule has 0 bridgehead atoms. The molecule has 0 aliphatic heterocycles. The molecule has 1 aromatic heterocycles. The summed E-state index contributed by atoms with van der Waals surface area (Å²) in [6, 6.07) is 16.0. The first kappa shape index (κ1) is 12.9. The quantitative estimate of drug-likeness (QED) is 0.687. The van der Waals surface area contributed by atoms with E-state index in [0.717, 1.165) is 10.9 Å². The molecule has 0 fully saturated rings. The Morgan fingerprint density at radius 1 is 0.952 bits per heavy atom. The van der Waals surface area contributed by atoms with Crippen molar-refractivity contribution >= 4 is 28.5 Å². The maximum absolute atomic E-state index is 12.3. The summed E-state index contributed by atoms with van der Waals surface area (Å²) in [6.07, 6.45) is 0. The summed E-state index contributed by atoms with van der Waals surface area (Å²) in [4.78, 5) is 26.7. The maximum Gasteiger partial charge on any atom is 0.257 e. The van der Waals surface area contributed by atoms with Gasteiger partial charge in [0, 0.05) is 10.9 Å². The Bertz CT molecular complexity index is 803. The van der Waals surface area contributed by atoms with Gasteiger partial charge in [0.15, 0.2) is 0 Å². The van der Waals surface area contributed by atoms with Crippen LogP contribution in [0.25, 0.3) is 10.9 Å². The van der Waals surface area contributed by atoms with E-state index in [1.54, 1.807) is 18.2 Å². The SMILES string of the molecule is NC(=O)c1ccccc1C(=O)Nc1cc2ccccc2[nH]1. The molecule has 0 aliphatic rings. The predicted molar refractivity (Wildman–Crippen MR) is 81.2 cm³/mol. The molecule has 0 aliphatic carbocycles. The first-order valence-electron chi connectivity index (χ1n) is 6.43. The van der Waals surface area contributed by atoms with Gasteiger partial charge in [-0.2, -0.15) is 0 Å². The standard InChI is InChI=1S/C16H13N3O2/c17-15(20)11-6-2-3-7-12(11)16(21)19-14-9-10-5-1-4-8-13(10)18-14/h1-9,18H,(H2,17,20)(H,19,21). The summed E-state index contributed by atoms with van der Waals surface area (Å²) in [5.74, 6) is -0.436. The molecule has 1 heterocycles. The molecule has 2 amide bonds. The zero-order valence-electron chi connectivity index (χ0n) is 11.1. The van der Waals surface area contributed by atoms with Crippen LogP contribution in [-0.4, -0.2) is 16.8 Å². The number of aromatic nitrogens is 1. The lowest BCUT2D eigenvalue weighted by molar-refractivity contribution is 0.0977. The number of carbonyl (C=O) groups excluding carboxylic acids is 2. The van der Waals surface area contributed by atoms with Crippen molar-refractivity contribution in [3.05, 3.63) is 65.7 Å². The number of aromatic amines is 1. The minimum Gasteiger partial charge on any atom is -0.366 e. The van der Waals surface area contributed by atoms with Crippen LogP contribution < -0.4 is 11.1 Å². The molecule has 5 heteroatoms. The topological polar surface area (TPSA) is 88.0 Å². The molecule has 0 atom stereocenters. The Hall–Kier alpha value is -3.08. The molecule has 104 valence electrons. The molecule has 0 saturated heterocycles. The molecule has 4 N–H and O–H groups in total. The molecule has 0 radical (unpaired) electrons. The second kappa shape index (κ2) is 5.13. The monoisotopic (exact) mass is 279 g/mol. The highest BCUT2D eigenvalue weighted by molar-refractivity contribution is 6.12. The van der Waals surface area contributed by atoms with Gasteiger partial charge in [-0.25, -0.2) is 0 Å². The Morgan fingerprint density at radius 3 is 2.33 bits per heavy atom. The zero-order valence-corrected chi connectivity index (χ0v) is 11.1. The third kappa shape index (κ3) is 2.49. The van der Waals surface area contributed by atoms with Crippen molar-refractivity contribution in [2.75, 3.05) is 5.32 Å². The van der Waals surface area contributed by atoms with Crippen molar-refractivity contribution in [3.8, 4) is 0 Å². The molecule has 3 rings (SSSR count). The number of fused-ring (bicyclic) bond motifs is 1. The number of nitrogens with one attached hydrogen (secondary N) is 2. The van der Waals surface area contributed by atoms with E-state index in [9.17, 15) is 9.59 Å². The molecule has 3 aromatic rings. The van der Waals surface area contributed by atoms with Crippen LogP contribution in [0.5, 0.6) is 0 Å². The lowest BCUT2D eigenvalue weighted by Gasteiger charge is -2.06. The maximum atomic E-state index is 12.3. The van der Waals surface area contributed by atoms with Crippen molar-refractivity contribution < 1.29 is 9.59 Å². The van der Waals surface area contributed by atoms with Crippen molar-refractivity contribution in [1.29, 1.82) is 0 Å². The minimum atomic E-state index is -0.627. The van der Waals surface area contributed by atoms with E-state index < -0.39 is 5.91 Å². The van der Waals surface area contributed by atoms with Crippen molar-refractivity contribution in [2.24, 2.45) is 5.73 Å². The number of rotatable bonds is 3. The number of hydrogen-bond donors (Lipinski definition) is 3. The van der Waals surface area contributed by atoms with E-state index in [-0.39, 0.29) is 17.0 Å². The highest BCUT2D eigenvalue weighted by Gasteiger charge is 2.15. The number of carbonyl (C=O) groups is 2. The van der Waals surface area contributed by atoms with Crippen LogP contribution in [0.1, 0.15) is 20.7 Å². The Labute approximate surface area is 120 Å². The van der Waals surface area contributed by atoms with Gasteiger partial charge in [0.2, 0.25) is 5.91 Å². The van der Waals surface area contributed by atoms with Crippen LogP contribution in [0.2, 0.25) is 0 Å². The number of benzene rings is 2. The fourth-order valence-electron chi connectivity index (χ4n) is 2.23. The van der Waals surface area contributed by atoms with Gasteiger partial charge >= 0.3 is 0 Å². The van der Waals surface area contributed by atoms with Gasteiger partial charge in [-0.3, -0.25) is 9.59 Å². The molecule has 5 nitrogen and oxygen atoms in total. The van der Waals surface area contributed by atoms with Crippen molar-refractivity contribution in [1.82, 2.24) is 4.98 Å². The van der Waals surface area contributed by atoms with E-state index in [4.69, 9.17) is 5.73 Å². The zero-order chi connectivity index (χ0) is 14.8. The minimum absolute atomic E-state index is 0.200. The van der Waals surface area contributed by atoms with Gasteiger partial charge in [0.25, 0.3) is 5.91 Å². The number of primary amides is 1. The van der Waals surface area contributed by atoms with E-state index in [1.807, 2.05) is 30.3 Å². The van der Waals surface area contributed by atoms with Crippen LogP contribution >= 0.6 is 0 Å². The Balaban J connectivity index is 1.91. The van der Waals surface area contributed by atoms with Crippen LogP contribution in [0, 0.1) is 0 Å². The lowest BCUT2D eigenvalue weighted by atomic mass is 10.1. The highest BCUT2D eigenvalue weighted by Crippen LogP contribution is 2.19. The van der Waals surface area contributed by atoms with Crippen molar-refractivity contribution in [3.63, 3.8) is 0 Å². The smallest absolute Gasteiger partial charge is 0.257 e. The second-order valence-electron chi connectivity index (χ2n) is 4.63.